The minimum Gasteiger partial charge on any atom is -0.496 e. The second-order valence-electron chi connectivity index (χ2n) is 6.14. The molecule has 4 nitrogen and oxygen atoms in total. The first-order chi connectivity index (χ1) is 10.5. The maximum atomic E-state index is 12.2. The predicted octanol–water partition coefficient (Wildman–Crippen LogP) is 2.81. The van der Waals surface area contributed by atoms with Gasteiger partial charge in [-0.15, -0.1) is 11.8 Å². The van der Waals surface area contributed by atoms with Crippen molar-refractivity contribution in [1.29, 1.82) is 0 Å². The molecular formula is C17H26N2O2S. The first-order valence-electron chi connectivity index (χ1n) is 7.88. The number of nitrogens with two attached hydrogens (primary N) is 1. The van der Waals surface area contributed by atoms with E-state index in [2.05, 4.69) is 18.3 Å². The Kier molecular flexibility index (Phi) is 6.15. The number of carbonyl (C=O) groups excluding carboxylic acids is 1. The number of hydrogen-bond acceptors (Lipinski definition) is 4. The van der Waals surface area contributed by atoms with Gasteiger partial charge in [0.05, 0.1) is 12.6 Å². The van der Waals surface area contributed by atoms with Crippen molar-refractivity contribution in [3.63, 3.8) is 0 Å². The lowest BCUT2D eigenvalue weighted by molar-refractivity contribution is -0.126. The average Bonchev–Trinajstić information content (AvgIpc) is 2.98. The van der Waals surface area contributed by atoms with Crippen molar-refractivity contribution in [3.8, 4) is 5.75 Å². The molecule has 0 saturated heterocycles. The van der Waals surface area contributed by atoms with Gasteiger partial charge in [0.1, 0.15) is 5.75 Å². The average molecular weight is 322 g/mol. The third kappa shape index (κ3) is 4.40. The maximum Gasteiger partial charge on any atom is 0.240 e. The van der Waals surface area contributed by atoms with E-state index in [4.69, 9.17) is 10.5 Å². The molecule has 1 aromatic carbocycles. The fraction of sp³-hybridized carbons (Fsp3) is 0.588. The smallest absolute Gasteiger partial charge is 0.240 e. The van der Waals surface area contributed by atoms with Gasteiger partial charge in [-0.3, -0.25) is 4.79 Å². The molecule has 1 saturated carbocycles. The highest BCUT2D eigenvalue weighted by Gasteiger charge is 2.36. The Morgan fingerprint density at radius 1 is 1.41 bits per heavy atom. The number of amides is 1. The van der Waals surface area contributed by atoms with Crippen LogP contribution in [0.15, 0.2) is 29.2 Å². The Morgan fingerprint density at radius 2 is 2.09 bits per heavy atom. The molecule has 2 rings (SSSR count). The highest BCUT2D eigenvalue weighted by Crippen LogP contribution is 2.30. The summed E-state index contributed by atoms with van der Waals surface area (Å²) in [4.78, 5) is 13.3. The van der Waals surface area contributed by atoms with Crippen LogP contribution in [0.2, 0.25) is 0 Å². The second-order valence-corrected chi connectivity index (χ2v) is 7.20. The zero-order valence-electron chi connectivity index (χ0n) is 13.4. The van der Waals surface area contributed by atoms with Gasteiger partial charge in [0.25, 0.3) is 0 Å². The summed E-state index contributed by atoms with van der Waals surface area (Å²) in [6.45, 7) is 2.81. The summed E-state index contributed by atoms with van der Waals surface area (Å²) >= 11 is 1.76. The van der Waals surface area contributed by atoms with Crippen LogP contribution in [0.3, 0.4) is 0 Å². The molecule has 0 aliphatic heterocycles. The number of methoxy groups -OCH3 is 1. The quantitative estimate of drug-likeness (QED) is 0.758. The molecule has 0 aromatic heterocycles. The van der Waals surface area contributed by atoms with Crippen molar-refractivity contribution in [2.75, 3.05) is 19.4 Å². The zero-order valence-corrected chi connectivity index (χ0v) is 14.2. The Hall–Kier alpha value is -1.20. The Bertz CT molecular complexity index is 501. The van der Waals surface area contributed by atoms with E-state index in [-0.39, 0.29) is 5.91 Å². The molecule has 0 bridgehead atoms. The lowest BCUT2D eigenvalue weighted by Gasteiger charge is -2.23. The number of nitrogens with one attached hydrogen (secondary N) is 1. The molecule has 122 valence electrons. The summed E-state index contributed by atoms with van der Waals surface area (Å²) in [6, 6.07) is 8.00. The van der Waals surface area contributed by atoms with Gasteiger partial charge in [-0.25, -0.2) is 0 Å². The largest absolute Gasteiger partial charge is 0.496 e. The van der Waals surface area contributed by atoms with Crippen LogP contribution in [0.5, 0.6) is 5.75 Å². The van der Waals surface area contributed by atoms with Crippen LogP contribution in [0.1, 0.15) is 32.6 Å². The van der Waals surface area contributed by atoms with Crippen LogP contribution in [-0.4, -0.2) is 30.9 Å². The van der Waals surface area contributed by atoms with Crippen LogP contribution in [0.25, 0.3) is 0 Å². The molecule has 1 amide bonds. The van der Waals surface area contributed by atoms with E-state index in [1.165, 1.54) is 0 Å². The molecule has 1 unspecified atom stereocenters. The number of hydrogen-bond donors (Lipinski definition) is 2. The van der Waals surface area contributed by atoms with Gasteiger partial charge < -0.3 is 15.8 Å². The third-order valence-electron chi connectivity index (χ3n) is 4.15. The molecule has 0 spiro atoms. The van der Waals surface area contributed by atoms with Gasteiger partial charge in [-0.05, 0) is 30.9 Å². The van der Waals surface area contributed by atoms with E-state index in [1.807, 2.05) is 18.2 Å². The molecule has 1 fully saturated rings. The Balaban J connectivity index is 1.76. The van der Waals surface area contributed by atoms with Gasteiger partial charge in [-0.1, -0.05) is 31.9 Å². The van der Waals surface area contributed by atoms with E-state index in [0.717, 1.165) is 42.1 Å². The van der Waals surface area contributed by atoms with Crippen LogP contribution in [0.4, 0.5) is 0 Å². The van der Waals surface area contributed by atoms with Crippen molar-refractivity contribution in [2.45, 2.75) is 43.0 Å². The van der Waals surface area contributed by atoms with Crippen LogP contribution in [0, 0.1) is 5.92 Å². The normalized spacial score (nSPS) is 18.0. The molecule has 1 aliphatic rings. The standard InChI is InChI=1S/C17H26N2O2S/c1-13(11-19-16(20)17(18)9-5-6-10-17)12-22-15-8-4-3-7-14(15)21-2/h3-4,7-8,13H,5-6,9-12,18H2,1-2H3,(H,19,20). The highest BCUT2D eigenvalue weighted by molar-refractivity contribution is 7.99. The number of benzene rings is 1. The van der Waals surface area contributed by atoms with Crippen LogP contribution >= 0.6 is 11.8 Å². The molecule has 1 aromatic rings. The van der Waals surface area contributed by atoms with Crippen molar-refractivity contribution in [2.24, 2.45) is 11.7 Å². The fourth-order valence-electron chi connectivity index (χ4n) is 2.70. The molecule has 0 radical (unpaired) electrons. The third-order valence-corrected chi connectivity index (χ3v) is 5.54. The summed E-state index contributed by atoms with van der Waals surface area (Å²) in [5, 5.41) is 3.02. The van der Waals surface area contributed by atoms with Crippen LogP contribution < -0.4 is 15.8 Å². The Morgan fingerprint density at radius 3 is 2.77 bits per heavy atom. The number of carbonyl (C=O) groups is 1. The van der Waals surface area contributed by atoms with Crippen molar-refractivity contribution >= 4 is 17.7 Å². The van der Waals surface area contributed by atoms with Gasteiger partial charge in [0, 0.05) is 17.2 Å². The zero-order chi connectivity index (χ0) is 16.0. The van der Waals surface area contributed by atoms with E-state index in [9.17, 15) is 4.79 Å². The minimum absolute atomic E-state index is 0.0131. The predicted molar refractivity (Wildman–Crippen MR) is 91.3 cm³/mol. The molecular weight excluding hydrogens is 296 g/mol. The monoisotopic (exact) mass is 322 g/mol. The van der Waals surface area contributed by atoms with Crippen molar-refractivity contribution in [1.82, 2.24) is 5.32 Å². The topological polar surface area (TPSA) is 64.3 Å². The fourth-order valence-corrected chi connectivity index (χ4v) is 3.76. The summed E-state index contributed by atoms with van der Waals surface area (Å²) in [6.07, 6.45) is 3.73. The van der Waals surface area contributed by atoms with E-state index in [1.54, 1.807) is 18.9 Å². The first-order valence-corrected chi connectivity index (χ1v) is 8.87. The van der Waals surface area contributed by atoms with Gasteiger partial charge >= 0.3 is 0 Å². The lowest BCUT2D eigenvalue weighted by atomic mass is 9.98. The number of ether oxygens (including phenoxy) is 1. The summed E-state index contributed by atoms with van der Waals surface area (Å²) in [5.74, 6) is 2.22. The maximum absolute atomic E-state index is 12.2. The Labute approximate surface area is 137 Å². The SMILES string of the molecule is COc1ccccc1SCC(C)CNC(=O)C1(N)CCCC1. The highest BCUT2D eigenvalue weighted by atomic mass is 32.2. The van der Waals surface area contributed by atoms with Gasteiger partial charge in [0.15, 0.2) is 0 Å². The molecule has 3 N–H and O–H groups in total. The van der Waals surface area contributed by atoms with E-state index < -0.39 is 5.54 Å². The number of para-hydroxylation sites is 1. The summed E-state index contributed by atoms with van der Waals surface area (Å²) in [7, 11) is 1.69. The van der Waals surface area contributed by atoms with E-state index in [0.29, 0.717) is 12.5 Å². The summed E-state index contributed by atoms with van der Waals surface area (Å²) < 4.78 is 5.35. The van der Waals surface area contributed by atoms with Crippen LogP contribution in [-0.2, 0) is 4.79 Å². The number of rotatable bonds is 7. The minimum atomic E-state index is -0.629. The second kappa shape index (κ2) is 7.88. The van der Waals surface area contributed by atoms with Gasteiger partial charge in [0.2, 0.25) is 5.91 Å². The van der Waals surface area contributed by atoms with Crippen molar-refractivity contribution < 1.29 is 9.53 Å². The molecule has 1 atom stereocenters. The molecule has 5 heteroatoms. The molecule has 0 heterocycles. The number of thioether (sulfide) groups is 1. The van der Waals surface area contributed by atoms with Gasteiger partial charge in [-0.2, -0.15) is 0 Å². The summed E-state index contributed by atoms with van der Waals surface area (Å²) in [5.41, 5.74) is 5.53. The molecule has 1 aliphatic carbocycles. The lowest BCUT2D eigenvalue weighted by Crippen LogP contribution is -2.52. The van der Waals surface area contributed by atoms with Crippen molar-refractivity contribution in [3.05, 3.63) is 24.3 Å². The molecule has 22 heavy (non-hydrogen) atoms. The van der Waals surface area contributed by atoms with E-state index >= 15 is 0 Å². The first kappa shape index (κ1) is 17.2.